The quantitative estimate of drug-likeness (QED) is 0.774. The van der Waals surface area contributed by atoms with Crippen LogP contribution in [0.3, 0.4) is 0 Å². The van der Waals surface area contributed by atoms with Gasteiger partial charge in [0, 0.05) is 9.79 Å². The fourth-order valence-electron chi connectivity index (χ4n) is 1.95. The minimum Gasteiger partial charge on any atom is -0.465 e. The summed E-state index contributed by atoms with van der Waals surface area (Å²) in [7, 11) is 1.39. The Hall–Kier alpha value is -1.74. The monoisotopic (exact) mass is 286 g/mol. The van der Waals surface area contributed by atoms with Gasteiger partial charge in [0.15, 0.2) is 0 Å². The number of rotatable bonds is 4. The molecule has 20 heavy (non-hydrogen) atoms. The summed E-state index contributed by atoms with van der Waals surface area (Å²) in [6.45, 7) is 4.29. The molecule has 0 heterocycles. The Labute approximate surface area is 124 Å². The zero-order chi connectivity index (χ0) is 14.5. The van der Waals surface area contributed by atoms with E-state index in [-0.39, 0.29) is 5.97 Å². The van der Waals surface area contributed by atoms with Gasteiger partial charge in [0.25, 0.3) is 0 Å². The first-order valence-electron chi connectivity index (χ1n) is 6.59. The van der Waals surface area contributed by atoms with Gasteiger partial charge in [0.2, 0.25) is 0 Å². The Kier molecular flexibility index (Phi) is 4.85. The molecule has 2 nitrogen and oxygen atoms in total. The van der Waals surface area contributed by atoms with Crippen LogP contribution in [0, 0.1) is 6.92 Å². The van der Waals surface area contributed by atoms with E-state index in [0.717, 1.165) is 11.3 Å². The molecule has 3 heteroatoms. The standard InChI is InChI=1S/C17H18O2S/c1-4-13-5-10-16(12(2)11-13)20-15-8-6-14(7-9-15)17(18)19-3/h5-11H,4H2,1-3H3. The molecule has 2 rings (SSSR count). The number of carbonyl (C=O) groups is 1. The molecular formula is C17H18O2S. The first-order valence-corrected chi connectivity index (χ1v) is 7.41. The van der Waals surface area contributed by atoms with Gasteiger partial charge >= 0.3 is 5.97 Å². The third-order valence-corrected chi connectivity index (χ3v) is 4.34. The lowest BCUT2D eigenvalue weighted by atomic mass is 10.1. The number of methoxy groups -OCH3 is 1. The van der Waals surface area contributed by atoms with Crippen LogP contribution in [0.2, 0.25) is 0 Å². The van der Waals surface area contributed by atoms with Crippen LogP contribution in [0.25, 0.3) is 0 Å². The third-order valence-electron chi connectivity index (χ3n) is 3.15. The molecule has 0 saturated carbocycles. The molecule has 0 amide bonds. The lowest BCUT2D eigenvalue weighted by Crippen LogP contribution is -2.00. The predicted molar refractivity (Wildman–Crippen MR) is 82.5 cm³/mol. The Morgan fingerprint density at radius 3 is 2.40 bits per heavy atom. The molecule has 0 bridgehead atoms. The van der Waals surface area contributed by atoms with E-state index in [1.54, 1.807) is 23.9 Å². The molecule has 2 aromatic rings. The first kappa shape index (κ1) is 14.7. The number of benzene rings is 2. The van der Waals surface area contributed by atoms with Gasteiger partial charge < -0.3 is 4.74 Å². The normalized spacial score (nSPS) is 10.3. The number of hydrogen-bond acceptors (Lipinski definition) is 3. The van der Waals surface area contributed by atoms with Gasteiger partial charge in [-0.1, -0.05) is 30.8 Å². The van der Waals surface area contributed by atoms with Crippen molar-refractivity contribution in [2.45, 2.75) is 30.1 Å². The van der Waals surface area contributed by atoms with Gasteiger partial charge in [-0.3, -0.25) is 0 Å². The van der Waals surface area contributed by atoms with Crippen molar-refractivity contribution in [2.24, 2.45) is 0 Å². The molecule has 0 spiro atoms. The summed E-state index contributed by atoms with van der Waals surface area (Å²) in [6.07, 6.45) is 1.06. The molecule has 0 aromatic heterocycles. The zero-order valence-corrected chi connectivity index (χ0v) is 12.8. The highest BCUT2D eigenvalue weighted by Crippen LogP contribution is 2.31. The van der Waals surface area contributed by atoms with E-state index in [9.17, 15) is 4.79 Å². The summed E-state index contributed by atoms with van der Waals surface area (Å²) in [6, 6.07) is 14.0. The number of esters is 1. The Bertz CT molecular complexity index is 603. The van der Waals surface area contributed by atoms with Gasteiger partial charge in [-0.25, -0.2) is 4.79 Å². The maximum atomic E-state index is 11.4. The van der Waals surface area contributed by atoms with Crippen LogP contribution >= 0.6 is 11.8 Å². The van der Waals surface area contributed by atoms with Gasteiger partial charge in [0.05, 0.1) is 12.7 Å². The summed E-state index contributed by atoms with van der Waals surface area (Å²) in [5.41, 5.74) is 3.22. The van der Waals surface area contributed by atoms with Crippen LogP contribution in [0.5, 0.6) is 0 Å². The van der Waals surface area contributed by atoms with E-state index < -0.39 is 0 Å². The average Bonchev–Trinajstić information content (AvgIpc) is 2.49. The van der Waals surface area contributed by atoms with Crippen LogP contribution in [-0.4, -0.2) is 13.1 Å². The van der Waals surface area contributed by atoms with Crippen molar-refractivity contribution < 1.29 is 9.53 Å². The van der Waals surface area contributed by atoms with Crippen molar-refractivity contribution >= 4 is 17.7 Å². The molecule has 104 valence electrons. The molecule has 0 aliphatic heterocycles. The molecule has 0 unspecified atom stereocenters. The van der Waals surface area contributed by atoms with Crippen molar-refractivity contribution in [2.75, 3.05) is 7.11 Å². The number of aryl methyl sites for hydroxylation is 2. The van der Waals surface area contributed by atoms with E-state index in [4.69, 9.17) is 4.74 Å². The number of carbonyl (C=O) groups excluding carboxylic acids is 1. The van der Waals surface area contributed by atoms with Gasteiger partial charge in [0.1, 0.15) is 0 Å². The summed E-state index contributed by atoms with van der Waals surface area (Å²) in [5.74, 6) is -0.301. The summed E-state index contributed by atoms with van der Waals surface area (Å²) >= 11 is 1.71. The Morgan fingerprint density at radius 2 is 1.85 bits per heavy atom. The topological polar surface area (TPSA) is 26.3 Å². The second-order valence-electron chi connectivity index (χ2n) is 4.57. The Morgan fingerprint density at radius 1 is 1.15 bits per heavy atom. The van der Waals surface area contributed by atoms with Crippen LogP contribution in [0.1, 0.15) is 28.4 Å². The van der Waals surface area contributed by atoms with Crippen molar-refractivity contribution in [1.29, 1.82) is 0 Å². The van der Waals surface area contributed by atoms with Crippen LogP contribution in [-0.2, 0) is 11.2 Å². The Balaban J connectivity index is 2.16. The lowest BCUT2D eigenvalue weighted by Gasteiger charge is -2.08. The van der Waals surface area contributed by atoms with E-state index >= 15 is 0 Å². The summed E-state index contributed by atoms with van der Waals surface area (Å²) in [4.78, 5) is 13.7. The fourth-order valence-corrected chi connectivity index (χ4v) is 2.83. The minimum atomic E-state index is -0.301. The van der Waals surface area contributed by atoms with E-state index in [1.165, 1.54) is 23.1 Å². The van der Waals surface area contributed by atoms with Gasteiger partial charge in [-0.2, -0.15) is 0 Å². The molecule has 0 aliphatic carbocycles. The van der Waals surface area contributed by atoms with Crippen LogP contribution in [0.4, 0.5) is 0 Å². The van der Waals surface area contributed by atoms with Crippen molar-refractivity contribution in [3.05, 3.63) is 59.2 Å². The molecule has 0 atom stereocenters. The highest BCUT2D eigenvalue weighted by Gasteiger charge is 2.06. The van der Waals surface area contributed by atoms with Crippen LogP contribution < -0.4 is 0 Å². The third kappa shape index (κ3) is 3.42. The minimum absolute atomic E-state index is 0.301. The average molecular weight is 286 g/mol. The number of ether oxygens (including phenoxy) is 1. The van der Waals surface area contributed by atoms with E-state index in [1.807, 2.05) is 12.1 Å². The zero-order valence-electron chi connectivity index (χ0n) is 12.0. The maximum Gasteiger partial charge on any atom is 0.337 e. The lowest BCUT2D eigenvalue weighted by molar-refractivity contribution is 0.0600. The fraction of sp³-hybridized carbons (Fsp3) is 0.235. The van der Waals surface area contributed by atoms with E-state index in [0.29, 0.717) is 5.56 Å². The summed E-state index contributed by atoms with van der Waals surface area (Å²) < 4.78 is 4.69. The SMILES string of the molecule is CCc1ccc(Sc2ccc(C(=O)OC)cc2)c(C)c1. The molecule has 0 fully saturated rings. The van der Waals surface area contributed by atoms with Crippen LogP contribution in [0.15, 0.2) is 52.3 Å². The first-order chi connectivity index (χ1) is 9.63. The van der Waals surface area contributed by atoms with Crippen molar-refractivity contribution in [1.82, 2.24) is 0 Å². The molecule has 0 N–H and O–H groups in total. The van der Waals surface area contributed by atoms with E-state index in [2.05, 4.69) is 32.0 Å². The van der Waals surface area contributed by atoms with Gasteiger partial charge in [-0.15, -0.1) is 0 Å². The summed E-state index contributed by atoms with van der Waals surface area (Å²) in [5, 5.41) is 0. The second-order valence-corrected chi connectivity index (χ2v) is 5.69. The smallest absolute Gasteiger partial charge is 0.337 e. The highest BCUT2D eigenvalue weighted by molar-refractivity contribution is 7.99. The second kappa shape index (κ2) is 6.62. The maximum absolute atomic E-state index is 11.4. The molecule has 0 saturated heterocycles. The highest BCUT2D eigenvalue weighted by atomic mass is 32.2. The molecule has 2 aromatic carbocycles. The number of hydrogen-bond donors (Lipinski definition) is 0. The molecule has 0 radical (unpaired) electrons. The molecule has 0 aliphatic rings. The molecular weight excluding hydrogens is 268 g/mol. The van der Waals surface area contributed by atoms with Crippen molar-refractivity contribution in [3.63, 3.8) is 0 Å². The van der Waals surface area contributed by atoms with Crippen molar-refractivity contribution in [3.8, 4) is 0 Å². The predicted octanol–water partition coefficient (Wildman–Crippen LogP) is 4.50. The largest absolute Gasteiger partial charge is 0.465 e. The van der Waals surface area contributed by atoms with Gasteiger partial charge in [-0.05, 0) is 54.8 Å².